The van der Waals surface area contributed by atoms with Crippen molar-refractivity contribution in [2.45, 2.75) is 6.54 Å². The maximum Gasteiger partial charge on any atom is 0.343 e. The van der Waals surface area contributed by atoms with Gasteiger partial charge in [-0.15, -0.1) is 6.58 Å². The molecular formula is C25H18N4O6. The average Bonchev–Trinajstić information content (AvgIpc) is 3.21. The van der Waals surface area contributed by atoms with E-state index in [1.165, 1.54) is 48.5 Å². The molecule has 0 aliphatic carbocycles. The summed E-state index contributed by atoms with van der Waals surface area (Å²) >= 11 is 0. The molecule has 0 N–H and O–H groups in total. The van der Waals surface area contributed by atoms with Gasteiger partial charge in [0.05, 0.1) is 26.4 Å². The highest BCUT2D eigenvalue weighted by Crippen LogP contribution is 2.26. The number of ether oxygens (including phenoxy) is 1. The first kappa shape index (κ1) is 23.1. The van der Waals surface area contributed by atoms with Gasteiger partial charge in [0.15, 0.2) is 0 Å². The molecule has 4 rings (SSSR count). The van der Waals surface area contributed by atoms with Crippen LogP contribution >= 0.6 is 0 Å². The summed E-state index contributed by atoms with van der Waals surface area (Å²) in [4.78, 5) is 38.4. The van der Waals surface area contributed by atoms with Crippen LogP contribution in [0.15, 0.2) is 85.5 Å². The zero-order chi connectivity index (χ0) is 24.9. The average molecular weight is 470 g/mol. The number of fused-ring (bicyclic) bond motifs is 1. The molecule has 10 nitrogen and oxygen atoms in total. The van der Waals surface area contributed by atoms with Gasteiger partial charge >= 0.3 is 5.97 Å². The normalized spacial score (nSPS) is 11.3. The predicted molar refractivity (Wildman–Crippen MR) is 129 cm³/mol. The standard InChI is InChI=1S/C25H18N4O6/c1-2-15-27-22-6-4-3-5-21(22)26-24(27)16-23(17-7-11-19(12-8-17)28(31)32)35-25(30)18-9-13-20(14-10-18)29(33)34/h2-14,16H,1,15H2. The van der Waals surface area contributed by atoms with Gasteiger partial charge in [-0.3, -0.25) is 20.2 Å². The van der Waals surface area contributed by atoms with Crippen LogP contribution in [-0.2, 0) is 11.3 Å². The maximum atomic E-state index is 12.9. The minimum absolute atomic E-state index is 0.100. The number of imidazole rings is 1. The van der Waals surface area contributed by atoms with E-state index < -0.39 is 15.8 Å². The van der Waals surface area contributed by atoms with Gasteiger partial charge in [0.25, 0.3) is 11.4 Å². The summed E-state index contributed by atoms with van der Waals surface area (Å²) in [5.41, 5.74) is 1.80. The molecule has 0 atom stereocenters. The Morgan fingerprint density at radius 1 is 0.914 bits per heavy atom. The lowest BCUT2D eigenvalue weighted by Crippen LogP contribution is -2.06. The third-order valence-corrected chi connectivity index (χ3v) is 5.14. The minimum atomic E-state index is -0.754. The number of nitro benzene ring substituents is 2. The lowest BCUT2D eigenvalue weighted by Gasteiger charge is -2.10. The number of non-ortho nitro benzene ring substituents is 2. The number of benzene rings is 3. The quantitative estimate of drug-likeness (QED) is 0.111. The topological polar surface area (TPSA) is 130 Å². The third kappa shape index (κ3) is 4.96. The Morgan fingerprint density at radius 3 is 2.06 bits per heavy atom. The van der Waals surface area contributed by atoms with Gasteiger partial charge < -0.3 is 9.30 Å². The molecule has 0 aliphatic rings. The van der Waals surface area contributed by atoms with E-state index in [0.29, 0.717) is 17.9 Å². The first-order valence-electron chi connectivity index (χ1n) is 10.4. The van der Waals surface area contributed by atoms with Crippen LogP contribution in [0.2, 0.25) is 0 Å². The minimum Gasteiger partial charge on any atom is -0.422 e. The largest absolute Gasteiger partial charge is 0.422 e. The van der Waals surface area contributed by atoms with Crippen LogP contribution in [-0.4, -0.2) is 25.4 Å². The Morgan fingerprint density at radius 2 is 1.49 bits per heavy atom. The first-order valence-corrected chi connectivity index (χ1v) is 10.4. The second-order valence-corrected chi connectivity index (χ2v) is 7.36. The van der Waals surface area contributed by atoms with Crippen molar-refractivity contribution in [2.75, 3.05) is 0 Å². The van der Waals surface area contributed by atoms with Crippen molar-refractivity contribution in [1.82, 2.24) is 9.55 Å². The van der Waals surface area contributed by atoms with Gasteiger partial charge in [-0.1, -0.05) is 18.2 Å². The molecule has 174 valence electrons. The summed E-state index contributed by atoms with van der Waals surface area (Å²) < 4.78 is 7.54. The summed E-state index contributed by atoms with van der Waals surface area (Å²) in [6, 6.07) is 18.0. The smallest absolute Gasteiger partial charge is 0.343 e. The second-order valence-electron chi connectivity index (χ2n) is 7.36. The monoisotopic (exact) mass is 470 g/mol. The van der Waals surface area contributed by atoms with E-state index in [-0.39, 0.29) is 22.7 Å². The number of esters is 1. The number of aromatic nitrogens is 2. The van der Waals surface area contributed by atoms with Crippen molar-refractivity contribution in [3.8, 4) is 0 Å². The van der Waals surface area contributed by atoms with Gasteiger partial charge in [0.1, 0.15) is 11.6 Å². The van der Waals surface area contributed by atoms with Crippen LogP contribution in [0, 0.1) is 20.2 Å². The fourth-order valence-electron chi connectivity index (χ4n) is 3.44. The lowest BCUT2D eigenvalue weighted by molar-refractivity contribution is -0.385. The van der Waals surface area contributed by atoms with Gasteiger partial charge in [0, 0.05) is 42.4 Å². The van der Waals surface area contributed by atoms with Crippen LogP contribution in [0.5, 0.6) is 0 Å². The number of hydrogen-bond acceptors (Lipinski definition) is 7. The van der Waals surface area contributed by atoms with E-state index in [0.717, 1.165) is 11.0 Å². The van der Waals surface area contributed by atoms with Gasteiger partial charge in [-0.25, -0.2) is 9.78 Å². The first-order chi connectivity index (χ1) is 16.9. The summed E-state index contributed by atoms with van der Waals surface area (Å²) in [7, 11) is 0. The number of carbonyl (C=O) groups excluding carboxylic acids is 1. The molecule has 0 saturated carbocycles. The van der Waals surface area contributed by atoms with E-state index in [2.05, 4.69) is 11.6 Å². The number of nitrogens with zero attached hydrogens (tertiary/aromatic N) is 4. The number of nitro groups is 2. The second kappa shape index (κ2) is 9.79. The zero-order valence-corrected chi connectivity index (χ0v) is 18.2. The molecule has 0 unspecified atom stereocenters. The summed E-state index contributed by atoms with van der Waals surface area (Å²) in [5.74, 6) is -0.171. The molecule has 0 aliphatic heterocycles. The van der Waals surface area contributed by atoms with Crippen molar-refractivity contribution < 1.29 is 19.4 Å². The number of hydrogen-bond donors (Lipinski definition) is 0. The highest BCUT2D eigenvalue weighted by Gasteiger charge is 2.17. The lowest BCUT2D eigenvalue weighted by atomic mass is 10.1. The van der Waals surface area contributed by atoms with Crippen molar-refractivity contribution in [3.05, 3.63) is 123 Å². The summed E-state index contributed by atoms with van der Waals surface area (Å²) in [6.45, 7) is 4.23. The van der Waals surface area contributed by atoms with Crippen LogP contribution in [0.1, 0.15) is 21.7 Å². The fraction of sp³-hybridized carbons (Fsp3) is 0.0400. The maximum absolute atomic E-state index is 12.9. The number of para-hydroxylation sites is 2. The number of allylic oxidation sites excluding steroid dienone is 1. The number of rotatable bonds is 8. The molecule has 0 radical (unpaired) electrons. The molecule has 4 aromatic rings. The highest BCUT2D eigenvalue weighted by atomic mass is 16.6. The number of carbonyl (C=O) groups is 1. The highest BCUT2D eigenvalue weighted by molar-refractivity contribution is 5.95. The Labute approximate surface area is 198 Å². The Balaban J connectivity index is 1.78. The molecule has 0 bridgehead atoms. The van der Waals surface area contributed by atoms with E-state index >= 15 is 0 Å². The molecule has 1 aromatic heterocycles. The molecular weight excluding hydrogens is 452 g/mol. The van der Waals surface area contributed by atoms with Crippen molar-refractivity contribution in [3.63, 3.8) is 0 Å². The molecule has 0 amide bonds. The molecule has 3 aromatic carbocycles. The summed E-state index contributed by atoms with van der Waals surface area (Å²) in [6.07, 6.45) is 3.27. The zero-order valence-electron chi connectivity index (χ0n) is 18.2. The van der Waals surface area contributed by atoms with Crippen LogP contribution < -0.4 is 0 Å². The SMILES string of the molecule is C=CCn1c(C=C(OC(=O)c2ccc([N+](=O)[O-])cc2)c2ccc([N+](=O)[O-])cc2)nc2ccccc21. The van der Waals surface area contributed by atoms with E-state index in [4.69, 9.17) is 4.74 Å². The van der Waals surface area contributed by atoms with Gasteiger partial charge in [0.2, 0.25) is 0 Å². The third-order valence-electron chi connectivity index (χ3n) is 5.14. The van der Waals surface area contributed by atoms with E-state index in [1.54, 1.807) is 12.2 Å². The van der Waals surface area contributed by atoms with Crippen LogP contribution in [0.25, 0.3) is 22.9 Å². The Hall–Kier alpha value is -5.12. The Kier molecular flexibility index (Phi) is 6.45. The van der Waals surface area contributed by atoms with Crippen molar-refractivity contribution in [1.29, 1.82) is 0 Å². The van der Waals surface area contributed by atoms with Crippen molar-refractivity contribution in [2.24, 2.45) is 0 Å². The van der Waals surface area contributed by atoms with Crippen molar-refractivity contribution >= 4 is 40.2 Å². The van der Waals surface area contributed by atoms with Crippen LogP contribution in [0.4, 0.5) is 11.4 Å². The molecule has 1 heterocycles. The summed E-state index contributed by atoms with van der Waals surface area (Å²) in [5, 5.41) is 22.0. The molecule has 0 saturated heterocycles. The fourth-order valence-corrected chi connectivity index (χ4v) is 3.44. The van der Waals surface area contributed by atoms with Crippen LogP contribution in [0.3, 0.4) is 0 Å². The van der Waals surface area contributed by atoms with Gasteiger partial charge in [-0.05, 0) is 36.4 Å². The van der Waals surface area contributed by atoms with E-state index in [9.17, 15) is 25.0 Å². The van der Waals surface area contributed by atoms with E-state index in [1.807, 2.05) is 28.8 Å². The Bertz CT molecular complexity index is 1470. The molecule has 0 fully saturated rings. The molecule has 10 heteroatoms. The van der Waals surface area contributed by atoms with Gasteiger partial charge in [-0.2, -0.15) is 0 Å². The molecule has 35 heavy (non-hydrogen) atoms. The predicted octanol–water partition coefficient (Wildman–Crippen LogP) is 5.39. The molecule has 0 spiro atoms.